The van der Waals surface area contributed by atoms with Gasteiger partial charge in [0.25, 0.3) is 0 Å². The molecule has 0 aliphatic carbocycles. The number of azo groups is 1. The first-order valence-corrected chi connectivity index (χ1v) is 3.22. The lowest BCUT2D eigenvalue weighted by Crippen LogP contribution is -2.07. The number of carbonyl (C=O) groups is 1. The van der Waals surface area contributed by atoms with Crippen molar-refractivity contribution in [3.8, 4) is 0 Å². The molecule has 0 saturated heterocycles. The average molecular weight is 156 g/mol. The van der Waals surface area contributed by atoms with E-state index in [0.717, 1.165) is 0 Å². The van der Waals surface area contributed by atoms with Gasteiger partial charge in [0.15, 0.2) is 5.76 Å². The van der Waals surface area contributed by atoms with Gasteiger partial charge in [-0.1, -0.05) is 0 Å². The second-order valence-electron chi connectivity index (χ2n) is 1.92. The van der Waals surface area contributed by atoms with E-state index in [1.54, 1.807) is 6.92 Å². The first-order chi connectivity index (χ1) is 5.25. The summed E-state index contributed by atoms with van der Waals surface area (Å²) in [5, 5.41) is 15.8. The van der Waals surface area contributed by atoms with E-state index in [-0.39, 0.29) is 24.6 Å². The molecule has 0 aromatic heterocycles. The molecular formula is C6H8N2O3. The first kappa shape index (κ1) is 7.71. The second-order valence-corrected chi connectivity index (χ2v) is 1.92. The van der Waals surface area contributed by atoms with Gasteiger partial charge in [0.2, 0.25) is 5.70 Å². The van der Waals surface area contributed by atoms with Gasteiger partial charge in [0, 0.05) is 0 Å². The standard InChI is InChI=1S/C6H8N2O3/c1-2-11-6(10)5-4(9)3-7-8-5/h9H,2-3H2,1H3. The Bertz CT molecular complexity index is 232. The van der Waals surface area contributed by atoms with E-state index in [4.69, 9.17) is 5.11 Å². The molecule has 0 spiro atoms. The summed E-state index contributed by atoms with van der Waals surface area (Å²) in [4.78, 5) is 10.9. The van der Waals surface area contributed by atoms with Gasteiger partial charge in [0.05, 0.1) is 6.61 Å². The van der Waals surface area contributed by atoms with Crippen LogP contribution in [-0.4, -0.2) is 24.2 Å². The lowest BCUT2D eigenvalue weighted by Gasteiger charge is -1.97. The molecule has 0 atom stereocenters. The smallest absolute Gasteiger partial charge is 0.362 e. The van der Waals surface area contributed by atoms with E-state index in [0.29, 0.717) is 0 Å². The van der Waals surface area contributed by atoms with Crippen molar-refractivity contribution in [3.63, 3.8) is 0 Å². The lowest BCUT2D eigenvalue weighted by molar-refractivity contribution is -0.138. The normalized spacial score (nSPS) is 15.7. The monoisotopic (exact) mass is 156 g/mol. The summed E-state index contributed by atoms with van der Waals surface area (Å²) in [5.41, 5.74) is -0.0770. The van der Waals surface area contributed by atoms with Gasteiger partial charge in [-0.3, -0.25) is 0 Å². The highest BCUT2D eigenvalue weighted by Crippen LogP contribution is 2.13. The number of aliphatic hydroxyl groups is 1. The first-order valence-electron chi connectivity index (χ1n) is 3.22. The maximum Gasteiger partial charge on any atom is 0.362 e. The molecule has 0 bridgehead atoms. The highest BCUT2D eigenvalue weighted by molar-refractivity contribution is 5.88. The number of hydrogen-bond acceptors (Lipinski definition) is 5. The summed E-state index contributed by atoms with van der Waals surface area (Å²) < 4.78 is 4.59. The highest BCUT2D eigenvalue weighted by atomic mass is 16.5. The maximum atomic E-state index is 10.9. The van der Waals surface area contributed by atoms with Crippen molar-refractivity contribution in [1.82, 2.24) is 0 Å². The van der Waals surface area contributed by atoms with Gasteiger partial charge >= 0.3 is 5.97 Å². The van der Waals surface area contributed by atoms with Crippen molar-refractivity contribution >= 4 is 5.97 Å². The van der Waals surface area contributed by atoms with Crippen molar-refractivity contribution in [2.24, 2.45) is 10.2 Å². The minimum absolute atomic E-state index is 0.0770. The van der Waals surface area contributed by atoms with Crippen LogP contribution in [0.15, 0.2) is 21.7 Å². The zero-order chi connectivity index (χ0) is 8.27. The zero-order valence-electron chi connectivity index (χ0n) is 6.07. The second kappa shape index (κ2) is 3.14. The molecule has 60 valence electrons. The molecule has 0 fully saturated rings. The van der Waals surface area contributed by atoms with E-state index in [2.05, 4.69) is 15.0 Å². The van der Waals surface area contributed by atoms with Crippen LogP contribution in [0.5, 0.6) is 0 Å². The Labute approximate surface area is 63.4 Å². The van der Waals surface area contributed by atoms with Crippen LogP contribution < -0.4 is 0 Å². The summed E-state index contributed by atoms with van der Waals surface area (Å²) in [6.45, 7) is 2.03. The Morgan fingerprint density at radius 1 is 1.82 bits per heavy atom. The molecule has 0 unspecified atom stereocenters. The Balaban J connectivity index is 2.66. The maximum absolute atomic E-state index is 10.9. The molecule has 5 nitrogen and oxygen atoms in total. The molecule has 0 aromatic carbocycles. The summed E-state index contributed by atoms with van der Waals surface area (Å²) in [5.74, 6) is -0.741. The van der Waals surface area contributed by atoms with E-state index in [9.17, 15) is 4.79 Å². The molecule has 0 aromatic rings. The van der Waals surface area contributed by atoms with Crippen LogP contribution in [0.1, 0.15) is 6.92 Å². The van der Waals surface area contributed by atoms with E-state index >= 15 is 0 Å². The minimum Gasteiger partial charge on any atom is -0.508 e. The Morgan fingerprint density at radius 3 is 3.00 bits per heavy atom. The van der Waals surface area contributed by atoms with Gasteiger partial charge in [-0.2, -0.15) is 5.11 Å². The third-order valence-electron chi connectivity index (χ3n) is 1.13. The number of aliphatic hydroxyl groups excluding tert-OH is 1. The zero-order valence-corrected chi connectivity index (χ0v) is 6.07. The fourth-order valence-electron chi connectivity index (χ4n) is 0.664. The predicted molar refractivity (Wildman–Crippen MR) is 36.0 cm³/mol. The molecule has 1 aliphatic rings. The summed E-state index contributed by atoms with van der Waals surface area (Å²) in [7, 11) is 0. The molecule has 0 saturated carbocycles. The van der Waals surface area contributed by atoms with E-state index in [1.807, 2.05) is 0 Å². The number of esters is 1. The van der Waals surface area contributed by atoms with Crippen LogP contribution in [0, 0.1) is 0 Å². The van der Waals surface area contributed by atoms with Gasteiger partial charge in [-0.05, 0) is 6.92 Å². The molecule has 5 heteroatoms. The predicted octanol–water partition coefficient (Wildman–Crippen LogP) is 0.785. The molecule has 1 heterocycles. The fourth-order valence-corrected chi connectivity index (χ4v) is 0.664. The van der Waals surface area contributed by atoms with Crippen molar-refractivity contribution in [2.75, 3.05) is 13.2 Å². The van der Waals surface area contributed by atoms with Gasteiger partial charge in [-0.15, -0.1) is 5.11 Å². The van der Waals surface area contributed by atoms with Gasteiger partial charge in [-0.25, -0.2) is 4.79 Å². The van der Waals surface area contributed by atoms with Crippen molar-refractivity contribution in [1.29, 1.82) is 0 Å². The molecule has 0 amide bonds. The molecular weight excluding hydrogens is 148 g/mol. The minimum atomic E-state index is -0.619. The number of carbonyl (C=O) groups excluding carboxylic acids is 1. The van der Waals surface area contributed by atoms with Gasteiger partial charge in [0.1, 0.15) is 6.54 Å². The van der Waals surface area contributed by atoms with Crippen molar-refractivity contribution < 1.29 is 14.6 Å². The summed E-state index contributed by atoms with van der Waals surface area (Å²) in [6, 6.07) is 0. The van der Waals surface area contributed by atoms with Crippen LogP contribution >= 0.6 is 0 Å². The summed E-state index contributed by atoms with van der Waals surface area (Å²) >= 11 is 0. The number of ether oxygens (including phenoxy) is 1. The third-order valence-corrected chi connectivity index (χ3v) is 1.13. The Hall–Kier alpha value is -1.39. The average Bonchev–Trinajstić information content (AvgIpc) is 2.36. The van der Waals surface area contributed by atoms with E-state index < -0.39 is 5.97 Å². The van der Waals surface area contributed by atoms with Crippen LogP contribution in [0.4, 0.5) is 0 Å². The molecule has 11 heavy (non-hydrogen) atoms. The Kier molecular flexibility index (Phi) is 2.20. The molecule has 1 aliphatic heterocycles. The van der Waals surface area contributed by atoms with E-state index in [1.165, 1.54) is 0 Å². The number of nitrogens with zero attached hydrogens (tertiary/aromatic N) is 2. The quantitative estimate of drug-likeness (QED) is 0.600. The van der Waals surface area contributed by atoms with Crippen molar-refractivity contribution in [3.05, 3.63) is 11.5 Å². The lowest BCUT2D eigenvalue weighted by atomic mass is 10.4. The summed E-state index contributed by atoms with van der Waals surface area (Å²) in [6.07, 6.45) is 0. The van der Waals surface area contributed by atoms with Crippen LogP contribution in [0.2, 0.25) is 0 Å². The van der Waals surface area contributed by atoms with Crippen LogP contribution in [-0.2, 0) is 9.53 Å². The third kappa shape index (κ3) is 1.54. The highest BCUT2D eigenvalue weighted by Gasteiger charge is 2.19. The van der Waals surface area contributed by atoms with Crippen LogP contribution in [0.3, 0.4) is 0 Å². The Morgan fingerprint density at radius 2 is 2.55 bits per heavy atom. The molecule has 0 radical (unpaired) electrons. The number of rotatable bonds is 2. The van der Waals surface area contributed by atoms with Crippen molar-refractivity contribution in [2.45, 2.75) is 6.92 Å². The van der Waals surface area contributed by atoms with Crippen LogP contribution in [0.25, 0.3) is 0 Å². The SMILES string of the molecule is CCOC(=O)C1=C(O)CN=N1. The largest absolute Gasteiger partial charge is 0.508 e. The topological polar surface area (TPSA) is 71.2 Å². The number of hydrogen-bond donors (Lipinski definition) is 1. The fraction of sp³-hybridized carbons (Fsp3) is 0.500. The molecule has 1 N–H and O–H groups in total. The molecule has 1 rings (SSSR count). The van der Waals surface area contributed by atoms with Gasteiger partial charge < -0.3 is 9.84 Å².